The first-order valence-corrected chi connectivity index (χ1v) is 6.85. The molecule has 0 aromatic heterocycles. The van der Waals surface area contributed by atoms with E-state index < -0.39 is 0 Å². The van der Waals surface area contributed by atoms with Gasteiger partial charge in [0.1, 0.15) is 0 Å². The Labute approximate surface area is 103 Å². The SMILES string of the molecule is NC(CC(=O)N1CCCC(CCO)C1)C1CC1. The summed E-state index contributed by atoms with van der Waals surface area (Å²) < 4.78 is 0. The van der Waals surface area contributed by atoms with Crippen molar-refractivity contribution in [2.45, 2.75) is 44.6 Å². The average molecular weight is 240 g/mol. The van der Waals surface area contributed by atoms with E-state index in [1.54, 1.807) is 0 Å². The van der Waals surface area contributed by atoms with Crippen molar-refractivity contribution in [1.82, 2.24) is 4.90 Å². The fourth-order valence-corrected chi connectivity index (χ4v) is 2.73. The van der Waals surface area contributed by atoms with E-state index in [0.717, 1.165) is 32.4 Å². The average Bonchev–Trinajstić information content (AvgIpc) is 3.13. The number of likely N-dealkylation sites (tertiary alicyclic amines) is 1. The summed E-state index contributed by atoms with van der Waals surface area (Å²) in [7, 11) is 0. The number of aliphatic hydroxyl groups is 1. The lowest BCUT2D eigenvalue weighted by molar-refractivity contribution is -0.133. The zero-order valence-corrected chi connectivity index (χ0v) is 10.5. The van der Waals surface area contributed by atoms with E-state index in [4.69, 9.17) is 10.8 Å². The lowest BCUT2D eigenvalue weighted by Crippen LogP contribution is -2.42. The molecule has 17 heavy (non-hydrogen) atoms. The molecule has 0 aromatic carbocycles. The van der Waals surface area contributed by atoms with Crippen molar-refractivity contribution in [2.24, 2.45) is 17.6 Å². The van der Waals surface area contributed by atoms with Crippen LogP contribution >= 0.6 is 0 Å². The first-order chi connectivity index (χ1) is 8.20. The Morgan fingerprint density at radius 1 is 1.41 bits per heavy atom. The normalized spacial score (nSPS) is 26.9. The molecule has 1 saturated heterocycles. The van der Waals surface area contributed by atoms with E-state index in [1.165, 1.54) is 12.8 Å². The second-order valence-corrected chi connectivity index (χ2v) is 5.57. The third-order valence-corrected chi connectivity index (χ3v) is 4.05. The van der Waals surface area contributed by atoms with E-state index in [1.807, 2.05) is 4.90 Å². The highest BCUT2D eigenvalue weighted by molar-refractivity contribution is 5.77. The van der Waals surface area contributed by atoms with Crippen LogP contribution in [0, 0.1) is 11.8 Å². The Morgan fingerprint density at radius 3 is 2.82 bits per heavy atom. The molecule has 1 heterocycles. The lowest BCUT2D eigenvalue weighted by atomic mass is 9.94. The van der Waals surface area contributed by atoms with Crippen LogP contribution in [0.3, 0.4) is 0 Å². The van der Waals surface area contributed by atoms with Gasteiger partial charge in [-0.25, -0.2) is 0 Å². The molecule has 0 spiro atoms. The molecule has 2 aliphatic rings. The largest absolute Gasteiger partial charge is 0.396 e. The molecular weight excluding hydrogens is 216 g/mol. The smallest absolute Gasteiger partial charge is 0.224 e. The Hall–Kier alpha value is -0.610. The zero-order chi connectivity index (χ0) is 12.3. The first-order valence-electron chi connectivity index (χ1n) is 6.85. The summed E-state index contributed by atoms with van der Waals surface area (Å²) in [4.78, 5) is 14.0. The number of hydrogen-bond donors (Lipinski definition) is 2. The minimum atomic E-state index is 0.0701. The van der Waals surface area contributed by atoms with Crippen molar-refractivity contribution in [3.05, 3.63) is 0 Å². The molecule has 4 nitrogen and oxygen atoms in total. The van der Waals surface area contributed by atoms with Crippen LogP contribution in [0.2, 0.25) is 0 Å². The van der Waals surface area contributed by atoms with Gasteiger partial charge in [-0.05, 0) is 43.9 Å². The van der Waals surface area contributed by atoms with Gasteiger partial charge in [0.15, 0.2) is 0 Å². The summed E-state index contributed by atoms with van der Waals surface area (Å²) >= 11 is 0. The third-order valence-electron chi connectivity index (χ3n) is 4.05. The third kappa shape index (κ3) is 3.68. The van der Waals surface area contributed by atoms with E-state index in [9.17, 15) is 4.79 Å². The van der Waals surface area contributed by atoms with Crippen molar-refractivity contribution in [1.29, 1.82) is 0 Å². The molecule has 98 valence electrons. The fourth-order valence-electron chi connectivity index (χ4n) is 2.73. The van der Waals surface area contributed by atoms with E-state index in [-0.39, 0.29) is 18.6 Å². The van der Waals surface area contributed by atoms with E-state index in [2.05, 4.69) is 0 Å². The van der Waals surface area contributed by atoms with Crippen LogP contribution in [0.4, 0.5) is 0 Å². The maximum atomic E-state index is 12.1. The summed E-state index contributed by atoms with van der Waals surface area (Å²) in [6, 6.07) is 0.0701. The van der Waals surface area contributed by atoms with Crippen LogP contribution in [0.25, 0.3) is 0 Å². The van der Waals surface area contributed by atoms with E-state index in [0.29, 0.717) is 18.3 Å². The van der Waals surface area contributed by atoms with Crippen molar-refractivity contribution in [2.75, 3.05) is 19.7 Å². The molecule has 0 aromatic rings. The predicted molar refractivity (Wildman–Crippen MR) is 66.3 cm³/mol. The lowest BCUT2D eigenvalue weighted by Gasteiger charge is -2.33. The molecule has 4 heteroatoms. The number of hydrogen-bond acceptors (Lipinski definition) is 3. The minimum Gasteiger partial charge on any atom is -0.396 e. The summed E-state index contributed by atoms with van der Waals surface area (Å²) in [6.07, 6.45) is 5.92. The molecule has 1 aliphatic carbocycles. The van der Waals surface area contributed by atoms with Crippen molar-refractivity contribution < 1.29 is 9.90 Å². The molecule has 2 fully saturated rings. The van der Waals surface area contributed by atoms with Crippen LogP contribution in [-0.4, -0.2) is 41.7 Å². The van der Waals surface area contributed by atoms with Gasteiger partial charge in [0, 0.05) is 32.2 Å². The number of carbonyl (C=O) groups is 1. The van der Waals surface area contributed by atoms with Gasteiger partial charge in [0.25, 0.3) is 0 Å². The second kappa shape index (κ2) is 5.83. The number of nitrogens with two attached hydrogens (primary N) is 1. The van der Waals surface area contributed by atoms with Crippen molar-refractivity contribution >= 4 is 5.91 Å². The fraction of sp³-hybridized carbons (Fsp3) is 0.923. The van der Waals surface area contributed by atoms with Crippen molar-refractivity contribution in [3.8, 4) is 0 Å². The molecule has 1 amide bonds. The van der Waals surface area contributed by atoms with Crippen molar-refractivity contribution in [3.63, 3.8) is 0 Å². The van der Waals surface area contributed by atoms with Crippen LogP contribution in [0.15, 0.2) is 0 Å². The number of aliphatic hydroxyl groups excluding tert-OH is 1. The standard InChI is InChI=1S/C13H24N2O2/c14-12(11-3-4-11)8-13(17)15-6-1-2-10(9-15)5-7-16/h10-12,16H,1-9,14H2. The Morgan fingerprint density at radius 2 is 2.18 bits per heavy atom. The highest BCUT2D eigenvalue weighted by Crippen LogP contribution is 2.33. The number of amides is 1. The summed E-state index contributed by atoms with van der Waals surface area (Å²) in [5, 5.41) is 8.95. The molecule has 1 saturated carbocycles. The Balaban J connectivity index is 1.77. The van der Waals surface area contributed by atoms with Gasteiger partial charge < -0.3 is 15.7 Å². The maximum Gasteiger partial charge on any atom is 0.224 e. The monoisotopic (exact) mass is 240 g/mol. The van der Waals surface area contributed by atoms with Gasteiger partial charge >= 0.3 is 0 Å². The van der Waals surface area contributed by atoms with Gasteiger partial charge in [0.2, 0.25) is 5.91 Å². The summed E-state index contributed by atoms with van der Waals surface area (Å²) in [6.45, 7) is 1.92. The van der Waals surface area contributed by atoms with Crippen LogP contribution in [-0.2, 0) is 4.79 Å². The van der Waals surface area contributed by atoms with Crippen LogP contribution < -0.4 is 5.73 Å². The number of piperidine rings is 1. The van der Waals surface area contributed by atoms with Gasteiger partial charge in [-0.2, -0.15) is 0 Å². The summed E-state index contributed by atoms with van der Waals surface area (Å²) in [5.41, 5.74) is 5.99. The zero-order valence-electron chi connectivity index (χ0n) is 10.5. The highest BCUT2D eigenvalue weighted by atomic mass is 16.3. The van der Waals surface area contributed by atoms with Gasteiger partial charge in [0.05, 0.1) is 0 Å². The molecule has 1 aliphatic heterocycles. The quantitative estimate of drug-likeness (QED) is 0.744. The molecule has 2 rings (SSSR count). The first kappa shape index (κ1) is 12.8. The Kier molecular flexibility index (Phi) is 4.40. The van der Waals surface area contributed by atoms with Gasteiger partial charge in [-0.15, -0.1) is 0 Å². The maximum absolute atomic E-state index is 12.1. The predicted octanol–water partition coefficient (Wildman–Crippen LogP) is 0.735. The Bertz CT molecular complexity index is 264. The molecule has 0 radical (unpaired) electrons. The van der Waals surface area contributed by atoms with Gasteiger partial charge in [-0.1, -0.05) is 0 Å². The molecule has 0 bridgehead atoms. The number of rotatable bonds is 5. The van der Waals surface area contributed by atoms with Gasteiger partial charge in [-0.3, -0.25) is 4.79 Å². The number of nitrogens with zero attached hydrogens (tertiary/aromatic N) is 1. The highest BCUT2D eigenvalue weighted by Gasteiger charge is 2.32. The summed E-state index contributed by atoms with van der Waals surface area (Å²) in [5.74, 6) is 1.29. The topological polar surface area (TPSA) is 66.6 Å². The minimum absolute atomic E-state index is 0.0701. The molecule has 2 atom stereocenters. The molecular formula is C13H24N2O2. The van der Waals surface area contributed by atoms with Crippen LogP contribution in [0.1, 0.15) is 38.5 Å². The molecule has 3 N–H and O–H groups in total. The van der Waals surface area contributed by atoms with E-state index >= 15 is 0 Å². The number of carbonyl (C=O) groups excluding carboxylic acids is 1. The molecule has 2 unspecified atom stereocenters. The van der Waals surface area contributed by atoms with Crippen LogP contribution in [0.5, 0.6) is 0 Å². The second-order valence-electron chi connectivity index (χ2n) is 5.57.